The summed E-state index contributed by atoms with van der Waals surface area (Å²) in [4.78, 5) is 11.4. The number of ether oxygens (including phenoxy) is 1. The van der Waals surface area contributed by atoms with Gasteiger partial charge in [-0.25, -0.2) is 13.1 Å². The lowest BCUT2D eigenvalue weighted by Gasteiger charge is -2.13. The van der Waals surface area contributed by atoms with Gasteiger partial charge in [-0.15, -0.1) is 0 Å². The van der Waals surface area contributed by atoms with E-state index in [0.29, 0.717) is 0 Å². The Morgan fingerprint density at radius 2 is 1.95 bits per heavy atom. The summed E-state index contributed by atoms with van der Waals surface area (Å²) >= 11 is 1.69. The summed E-state index contributed by atoms with van der Waals surface area (Å²) in [5.41, 5.74) is 0.718. The first-order valence-electron chi connectivity index (χ1n) is 6.65. The maximum absolute atomic E-state index is 12.2. The van der Waals surface area contributed by atoms with E-state index in [2.05, 4.69) is 9.46 Å². The van der Waals surface area contributed by atoms with E-state index < -0.39 is 10.0 Å². The molecule has 0 aliphatic heterocycles. The Hall–Kier alpha value is -1.05. The predicted octanol–water partition coefficient (Wildman–Crippen LogP) is 1.82. The molecule has 0 aliphatic rings. The Labute approximate surface area is 130 Å². The van der Waals surface area contributed by atoms with Gasteiger partial charge in [0.25, 0.3) is 0 Å². The summed E-state index contributed by atoms with van der Waals surface area (Å²) < 4.78 is 31.6. The number of rotatable bonds is 8. The van der Waals surface area contributed by atoms with Crippen LogP contribution in [-0.4, -0.2) is 39.0 Å². The molecule has 0 bridgehead atoms. The highest BCUT2D eigenvalue weighted by molar-refractivity contribution is 7.99. The van der Waals surface area contributed by atoms with Crippen molar-refractivity contribution in [2.45, 2.75) is 31.2 Å². The van der Waals surface area contributed by atoms with Crippen molar-refractivity contribution in [2.75, 3.05) is 18.6 Å². The van der Waals surface area contributed by atoms with Crippen LogP contribution in [0.3, 0.4) is 0 Å². The summed E-state index contributed by atoms with van der Waals surface area (Å²) in [6.07, 6.45) is 0.133. The smallest absolute Gasteiger partial charge is 0.309 e. The molecule has 0 fully saturated rings. The molecule has 1 N–H and O–H groups in total. The number of hydrogen-bond acceptors (Lipinski definition) is 5. The van der Waals surface area contributed by atoms with Crippen LogP contribution in [0, 0.1) is 0 Å². The van der Waals surface area contributed by atoms with Crippen molar-refractivity contribution < 1.29 is 17.9 Å². The topological polar surface area (TPSA) is 72.5 Å². The monoisotopic (exact) mass is 331 g/mol. The number of thioether (sulfide) groups is 1. The molecule has 0 saturated carbocycles. The first-order chi connectivity index (χ1) is 9.89. The molecule has 0 aliphatic carbocycles. The van der Waals surface area contributed by atoms with Crippen LogP contribution in [0.25, 0.3) is 0 Å². The molecule has 118 valence electrons. The van der Waals surface area contributed by atoms with Crippen molar-refractivity contribution >= 4 is 27.8 Å². The van der Waals surface area contributed by atoms with Gasteiger partial charge in [0.1, 0.15) is 0 Å². The number of carbonyl (C=O) groups excluding carboxylic acids is 1. The molecule has 1 unspecified atom stereocenters. The highest BCUT2D eigenvalue weighted by atomic mass is 32.2. The molecule has 1 rings (SSSR count). The Bertz CT molecular complexity index is 555. The molecular formula is C14H21NO4S2. The van der Waals surface area contributed by atoms with Crippen molar-refractivity contribution in [1.29, 1.82) is 0 Å². The van der Waals surface area contributed by atoms with E-state index in [1.54, 1.807) is 23.9 Å². The van der Waals surface area contributed by atoms with Crippen LogP contribution in [0.2, 0.25) is 0 Å². The maximum Gasteiger partial charge on any atom is 0.309 e. The highest BCUT2D eigenvalue weighted by Crippen LogP contribution is 2.13. The zero-order valence-corrected chi connectivity index (χ0v) is 14.1. The molecule has 1 atom stereocenters. The van der Waals surface area contributed by atoms with E-state index in [0.717, 1.165) is 17.1 Å². The second kappa shape index (κ2) is 8.41. The summed E-state index contributed by atoms with van der Waals surface area (Å²) in [5, 5.41) is 0. The van der Waals surface area contributed by atoms with Crippen LogP contribution < -0.4 is 4.72 Å². The SMILES string of the molecule is CCSCC(C)NS(=O)(=O)c1ccc(CC(=O)OC)cc1. The number of sulfonamides is 1. The number of benzene rings is 1. The molecule has 1 aromatic rings. The largest absolute Gasteiger partial charge is 0.469 e. The van der Waals surface area contributed by atoms with Crippen LogP contribution in [0.1, 0.15) is 19.4 Å². The van der Waals surface area contributed by atoms with Gasteiger partial charge in [-0.05, 0) is 30.4 Å². The normalized spacial score (nSPS) is 12.9. The van der Waals surface area contributed by atoms with E-state index in [9.17, 15) is 13.2 Å². The van der Waals surface area contributed by atoms with E-state index in [1.165, 1.54) is 19.2 Å². The average Bonchev–Trinajstić information content (AvgIpc) is 2.45. The fourth-order valence-corrected chi connectivity index (χ4v) is 3.71. The average molecular weight is 331 g/mol. The molecule has 0 heterocycles. The first kappa shape index (κ1) is 18.0. The number of carbonyl (C=O) groups is 1. The molecule has 21 heavy (non-hydrogen) atoms. The zero-order valence-electron chi connectivity index (χ0n) is 12.5. The zero-order chi connectivity index (χ0) is 15.9. The molecule has 5 nitrogen and oxygen atoms in total. The van der Waals surface area contributed by atoms with Crippen LogP contribution >= 0.6 is 11.8 Å². The number of esters is 1. The van der Waals surface area contributed by atoms with Crippen molar-refractivity contribution in [2.24, 2.45) is 0 Å². The Kier molecular flexibility index (Phi) is 7.21. The third-order valence-electron chi connectivity index (χ3n) is 2.74. The highest BCUT2D eigenvalue weighted by Gasteiger charge is 2.17. The maximum atomic E-state index is 12.2. The second-order valence-electron chi connectivity index (χ2n) is 4.58. The molecule has 0 amide bonds. The summed E-state index contributed by atoms with van der Waals surface area (Å²) in [6.45, 7) is 3.87. The van der Waals surface area contributed by atoms with Gasteiger partial charge in [0.15, 0.2) is 0 Å². The number of nitrogens with one attached hydrogen (secondary N) is 1. The van der Waals surface area contributed by atoms with E-state index in [1.807, 2.05) is 13.8 Å². The van der Waals surface area contributed by atoms with Gasteiger partial charge in [-0.3, -0.25) is 4.79 Å². The van der Waals surface area contributed by atoms with Gasteiger partial charge < -0.3 is 4.74 Å². The fraction of sp³-hybridized carbons (Fsp3) is 0.500. The second-order valence-corrected chi connectivity index (χ2v) is 7.61. The number of hydrogen-bond donors (Lipinski definition) is 1. The lowest BCUT2D eigenvalue weighted by atomic mass is 10.2. The van der Waals surface area contributed by atoms with Crippen molar-refractivity contribution in [1.82, 2.24) is 4.72 Å². The van der Waals surface area contributed by atoms with Gasteiger partial charge in [0.05, 0.1) is 18.4 Å². The fourth-order valence-electron chi connectivity index (χ4n) is 1.69. The molecule has 0 saturated heterocycles. The Morgan fingerprint density at radius 1 is 1.33 bits per heavy atom. The summed E-state index contributed by atoms with van der Waals surface area (Å²) in [5.74, 6) is 1.33. The standard InChI is InChI=1S/C14H21NO4S2/c1-4-20-10-11(2)15-21(17,18)13-7-5-12(6-8-13)9-14(16)19-3/h5-8,11,15H,4,9-10H2,1-3H3. The molecule has 0 radical (unpaired) electrons. The minimum Gasteiger partial charge on any atom is -0.469 e. The van der Waals surface area contributed by atoms with Gasteiger partial charge in [0, 0.05) is 11.8 Å². The van der Waals surface area contributed by atoms with Crippen molar-refractivity contribution in [3.8, 4) is 0 Å². The Morgan fingerprint density at radius 3 is 2.48 bits per heavy atom. The van der Waals surface area contributed by atoms with Crippen molar-refractivity contribution in [3.63, 3.8) is 0 Å². The lowest BCUT2D eigenvalue weighted by molar-refractivity contribution is -0.139. The van der Waals surface area contributed by atoms with Crippen LogP contribution in [-0.2, 0) is 26.0 Å². The van der Waals surface area contributed by atoms with Gasteiger partial charge in [-0.1, -0.05) is 19.1 Å². The molecular weight excluding hydrogens is 310 g/mol. The van der Waals surface area contributed by atoms with E-state index in [-0.39, 0.29) is 23.3 Å². The van der Waals surface area contributed by atoms with Crippen LogP contribution in [0.15, 0.2) is 29.2 Å². The minimum absolute atomic E-state index is 0.130. The first-order valence-corrected chi connectivity index (χ1v) is 9.28. The van der Waals surface area contributed by atoms with Gasteiger partial charge in [0.2, 0.25) is 10.0 Å². The van der Waals surface area contributed by atoms with Gasteiger partial charge in [-0.2, -0.15) is 11.8 Å². The minimum atomic E-state index is -3.52. The quantitative estimate of drug-likeness (QED) is 0.736. The van der Waals surface area contributed by atoms with Crippen LogP contribution in [0.5, 0.6) is 0 Å². The summed E-state index contributed by atoms with van der Waals surface area (Å²) in [7, 11) is -2.20. The summed E-state index contributed by atoms with van der Waals surface area (Å²) in [6, 6.07) is 6.11. The van der Waals surface area contributed by atoms with E-state index >= 15 is 0 Å². The van der Waals surface area contributed by atoms with Crippen molar-refractivity contribution in [3.05, 3.63) is 29.8 Å². The molecule has 0 aromatic heterocycles. The third-order valence-corrected chi connectivity index (χ3v) is 5.49. The lowest BCUT2D eigenvalue weighted by Crippen LogP contribution is -2.34. The Balaban J connectivity index is 2.73. The predicted molar refractivity (Wildman–Crippen MR) is 84.9 cm³/mol. The van der Waals surface area contributed by atoms with E-state index in [4.69, 9.17) is 0 Å². The van der Waals surface area contributed by atoms with Crippen LogP contribution in [0.4, 0.5) is 0 Å². The molecule has 1 aromatic carbocycles. The van der Waals surface area contributed by atoms with Gasteiger partial charge >= 0.3 is 5.97 Å². The molecule has 0 spiro atoms. The number of methoxy groups -OCH3 is 1. The molecule has 7 heteroatoms. The third kappa shape index (κ3) is 6.07.